The highest BCUT2D eigenvalue weighted by molar-refractivity contribution is 9.10. The topological polar surface area (TPSA) is 104 Å². The Balaban J connectivity index is 2.01. The van der Waals surface area contributed by atoms with E-state index in [2.05, 4.69) is 15.9 Å². The van der Waals surface area contributed by atoms with Crippen LogP contribution >= 0.6 is 15.9 Å². The third-order valence-corrected chi connectivity index (χ3v) is 9.87. The molecule has 2 aromatic carbocycles. The molecule has 0 radical (unpaired) electrons. The Morgan fingerprint density at radius 2 is 1.91 bits per heavy atom. The molecule has 2 aromatic rings. The van der Waals surface area contributed by atoms with E-state index >= 15 is 0 Å². The lowest BCUT2D eigenvalue weighted by atomic mass is 10.0. The molecule has 1 N–H and O–H groups in total. The molecule has 0 spiro atoms. The summed E-state index contributed by atoms with van der Waals surface area (Å²) in [4.78, 5) is 0.147. The third-order valence-electron chi connectivity index (χ3n) is 5.52. The van der Waals surface area contributed by atoms with E-state index in [0.717, 1.165) is 0 Å². The van der Waals surface area contributed by atoms with Gasteiger partial charge in [-0.15, -0.1) is 0 Å². The van der Waals surface area contributed by atoms with E-state index in [4.69, 9.17) is 4.74 Å². The standard InChI is InChI=1S/C21H27BrN2O6S2/c1-15-12-24(16(2)14-25)32(28,29)21-10-9-17(22)11-19(21)30-20(15)13-23(3)31(26,27)18-7-5-4-6-8-18/h4-11,15-16,20,25H,12-14H2,1-3H3/t15-,16-,20+/m1/s1. The van der Waals surface area contributed by atoms with Crippen molar-refractivity contribution in [3.8, 4) is 5.75 Å². The SMILES string of the molecule is C[C@@H]1CN([C@H](C)CO)S(=O)(=O)c2ccc(Br)cc2O[C@H]1CN(C)S(=O)(=O)c1ccccc1. The molecule has 0 bridgehead atoms. The number of aliphatic hydroxyl groups is 1. The highest BCUT2D eigenvalue weighted by Gasteiger charge is 2.39. The number of halogens is 1. The number of nitrogens with zero attached hydrogens (tertiary/aromatic N) is 2. The predicted molar refractivity (Wildman–Crippen MR) is 124 cm³/mol. The summed E-state index contributed by atoms with van der Waals surface area (Å²) in [6.07, 6.45) is -0.629. The average molecular weight is 547 g/mol. The lowest BCUT2D eigenvalue weighted by Crippen LogP contribution is -2.50. The van der Waals surface area contributed by atoms with Crippen LogP contribution in [-0.2, 0) is 20.0 Å². The minimum absolute atomic E-state index is 0.0196. The summed E-state index contributed by atoms with van der Waals surface area (Å²) in [7, 11) is -6.21. The number of hydrogen-bond acceptors (Lipinski definition) is 6. The summed E-state index contributed by atoms with van der Waals surface area (Å²) in [6, 6.07) is 12.1. The van der Waals surface area contributed by atoms with Crippen molar-refractivity contribution in [3.63, 3.8) is 0 Å². The maximum absolute atomic E-state index is 13.3. The van der Waals surface area contributed by atoms with E-state index in [0.29, 0.717) is 4.47 Å². The van der Waals surface area contributed by atoms with Gasteiger partial charge in [0.25, 0.3) is 0 Å². The molecule has 3 atom stereocenters. The third kappa shape index (κ3) is 5.02. The number of hydrogen-bond donors (Lipinski definition) is 1. The summed E-state index contributed by atoms with van der Waals surface area (Å²) in [5, 5.41) is 9.67. The van der Waals surface area contributed by atoms with E-state index in [9.17, 15) is 21.9 Å². The minimum Gasteiger partial charge on any atom is -0.487 e. The second kappa shape index (κ2) is 9.78. The first-order chi connectivity index (χ1) is 15.0. The van der Waals surface area contributed by atoms with Crippen molar-refractivity contribution in [2.75, 3.05) is 26.7 Å². The van der Waals surface area contributed by atoms with E-state index < -0.39 is 32.2 Å². The molecule has 0 aromatic heterocycles. The summed E-state index contributed by atoms with van der Waals surface area (Å²) < 4.78 is 61.9. The molecule has 0 unspecified atom stereocenters. The van der Waals surface area contributed by atoms with Crippen LogP contribution in [0.5, 0.6) is 5.75 Å². The van der Waals surface area contributed by atoms with Gasteiger partial charge >= 0.3 is 0 Å². The predicted octanol–water partition coefficient (Wildman–Crippen LogP) is 2.54. The fraction of sp³-hybridized carbons (Fsp3) is 0.429. The Hall–Kier alpha value is -1.50. The normalized spacial score (nSPS) is 22.4. The van der Waals surface area contributed by atoms with Crippen molar-refractivity contribution in [2.45, 2.75) is 35.8 Å². The number of benzene rings is 2. The Bertz CT molecular complexity index is 1160. The second-order valence-electron chi connectivity index (χ2n) is 7.93. The molecule has 0 aliphatic carbocycles. The number of rotatable bonds is 6. The van der Waals surface area contributed by atoms with Gasteiger partial charge in [-0.1, -0.05) is 41.1 Å². The summed E-state index contributed by atoms with van der Waals surface area (Å²) in [5.74, 6) is -0.226. The van der Waals surface area contributed by atoms with Crippen LogP contribution in [0.1, 0.15) is 13.8 Å². The number of ether oxygens (including phenoxy) is 1. The lowest BCUT2D eigenvalue weighted by Gasteiger charge is -2.37. The van der Waals surface area contributed by atoms with E-state index in [1.165, 1.54) is 33.9 Å². The molecule has 0 amide bonds. The van der Waals surface area contributed by atoms with Gasteiger partial charge in [-0.05, 0) is 37.3 Å². The molecule has 8 nitrogen and oxygen atoms in total. The Kier molecular flexibility index (Phi) is 7.68. The number of fused-ring (bicyclic) bond motifs is 1. The summed E-state index contributed by atoms with van der Waals surface area (Å²) in [6.45, 7) is 3.19. The van der Waals surface area contributed by atoms with Crippen molar-refractivity contribution >= 4 is 36.0 Å². The van der Waals surface area contributed by atoms with Gasteiger partial charge in [0.2, 0.25) is 20.0 Å². The highest BCUT2D eigenvalue weighted by Crippen LogP contribution is 2.35. The monoisotopic (exact) mass is 546 g/mol. The van der Waals surface area contributed by atoms with Crippen LogP contribution in [0, 0.1) is 5.92 Å². The molecule has 1 aliphatic heterocycles. The molecule has 3 rings (SSSR count). The van der Waals surface area contributed by atoms with Crippen molar-refractivity contribution in [1.29, 1.82) is 0 Å². The van der Waals surface area contributed by atoms with Gasteiger partial charge in [-0.3, -0.25) is 0 Å². The number of sulfonamides is 2. The zero-order valence-electron chi connectivity index (χ0n) is 18.0. The molecular formula is C21H27BrN2O6S2. The van der Waals surface area contributed by atoms with Crippen molar-refractivity contribution in [3.05, 3.63) is 53.0 Å². The molecule has 0 saturated carbocycles. The summed E-state index contributed by atoms with van der Waals surface area (Å²) >= 11 is 3.34. The van der Waals surface area contributed by atoms with Gasteiger partial charge in [0, 0.05) is 30.0 Å². The molecular weight excluding hydrogens is 520 g/mol. The van der Waals surface area contributed by atoms with Gasteiger partial charge in [-0.2, -0.15) is 8.61 Å². The van der Waals surface area contributed by atoms with E-state index in [1.54, 1.807) is 37.3 Å². The molecule has 32 heavy (non-hydrogen) atoms. The van der Waals surface area contributed by atoms with Crippen LogP contribution in [-0.4, -0.2) is 69.4 Å². The zero-order valence-corrected chi connectivity index (χ0v) is 21.3. The Labute approximate surface area is 198 Å². The number of aliphatic hydroxyl groups excluding tert-OH is 1. The smallest absolute Gasteiger partial charge is 0.247 e. The fourth-order valence-corrected chi connectivity index (χ4v) is 6.91. The van der Waals surface area contributed by atoms with Gasteiger partial charge in [0.05, 0.1) is 18.0 Å². The first-order valence-electron chi connectivity index (χ1n) is 10.1. The Morgan fingerprint density at radius 3 is 2.53 bits per heavy atom. The van der Waals surface area contributed by atoms with Crippen LogP contribution in [0.25, 0.3) is 0 Å². The first kappa shape index (κ1) is 25.1. The quantitative estimate of drug-likeness (QED) is 0.596. The minimum atomic E-state index is -3.93. The van der Waals surface area contributed by atoms with Crippen LogP contribution in [0.4, 0.5) is 0 Å². The molecule has 1 heterocycles. The molecule has 0 fully saturated rings. The average Bonchev–Trinajstić information content (AvgIpc) is 2.75. The van der Waals surface area contributed by atoms with Gasteiger partial charge in [-0.25, -0.2) is 16.8 Å². The van der Waals surface area contributed by atoms with Gasteiger partial charge in [0.15, 0.2) is 0 Å². The molecule has 1 aliphatic rings. The molecule has 0 saturated heterocycles. The zero-order chi connectivity index (χ0) is 23.7. The highest BCUT2D eigenvalue weighted by atomic mass is 79.9. The van der Waals surface area contributed by atoms with Crippen molar-refractivity contribution < 1.29 is 26.7 Å². The van der Waals surface area contributed by atoms with Crippen molar-refractivity contribution in [2.24, 2.45) is 5.92 Å². The first-order valence-corrected chi connectivity index (χ1v) is 13.8. The van der Waals surface area contributed by atoms with Gasteiger partial charge < -0.3 is 9.84 Å². The largest absolute Gasteiger partial charge is 0.487 e. The van der Waals surface area contributed by atoms with Crippen LogP contribution in [0.3, 0.4) is 0 Å². The number of likely N-dealkylation sites (N-methyl/N-ethyl adjacent to an activating group) is 1. The van der Waals surface area contributed by atoms with Crippen LogP contribution in [0.2, 0.25) is 0 Å². The van der Waals surface area contributed by atoms with E-state index in [1.807, 2.05) is 6.92 Å². The maximum Gasteiger partial charge on any atom is 0.247 e. The lowest BCUT2D eigenvalue weighted by molar-refractivity contribution is 0.0904. The van der Waals surface area contributed by atoms with E-state index in [-0.39, 0.29) is 41.2 Å². The van der Waals surface area contributed by atoms with Gasteiger partial charge in [0.1, 0.15) is 16.7 Å². The van der Waals surface area contributed by atoms with Crippen LogP contribution < -0.4 is 4.74 Å². The summed E-state index contributed by atoms with van der Waals surface area (Å²) in [5.41, 5.74) is 0. The fourth-order valence-electron chi connectivity index (χ4n) is 3.54. The molecule has 176 valence electrons. The maximum atomic E-state index is 13.3. The second-order valence-corrected chi connectivity index (χ2v) is 12.7. The molecule has 11 heteroatoms. The van der Waals surface area contributed by atoms with Crippen molar-refractivity contribution in [1.82, 2.24) is 8.61 Å². The Morgan fingerprint density at radius 1 is 1.25 bits per heavy atom. The van der Waals surface area contributed by atoms with Crippen LogP contribution in [0.15, 0.2) is 62.8 Å².